The molecule has 0 N–H and O–H groups in total. The van der Waals surface area contributed by atoms with E-state index < -0.39 is 5.79 Å². The molecule has 1 aliphatic heterocycles. The number of aromatic nitrogens is 2. The molecule has 0 spiro atoms. The number of aryl methyl sites for hydroxylation is 1. The maximum atomic E-state index is 6.02. The minimum Gasteiger partial charge on any atom is -0.497 e. The highest BCUT2D eigenvalue weighted by Gasteiger charge is 2.34. The third-order valence-corrected chi connectivity index (χ3v) is 3.93. The molecule has 5 heteroatoms. The van der Waals surface area contributed by atoms with Gasteiger partial charge in [0.15, 0.2) is 5.79 Å². The van der Waals surface area contributed by atoms with Gasteiger partial charge in [0, 0.05) is 18.8 Å². The zero-order valence-electron chi connectivity index (χ0n) is 12.9. The van der Waals surface area contributed by atoms with Crippen LogP contribution in [0.2, 0.25) is 0 Å². The second-order valence-corrected chi connectivity index (χ2v) is 5.55. The van der Waals surface area contributed by atoms with Crippen molar-refractivity contribution < 1.29 is 14.2 Å². The number of nitrogens with zero attached hydrogens (tertiary/aromatic N) is 2. The topological polar surface area (TPSA) is 45.5 Å². The van der Waals surface area contributed by atoms with E-state index in [4.69, 9.17) is 14.2 Å². The summed E-state index contributed by atoms with van der Waals surface area (Å²) in [6.07, 6.45) is 8.15. The maximum Gasteiger partial charge on any atom is 0.186 e. The Morgan fingerprint density at radius 3 is 2.91 bits per heavy atom. The lowest BCUT2D eigenvalue weighted by atomic mass is 10.0. The second-order valence-electron chi connectivity index (χ2n) is 5.55. The molecular formula is C17H22N2O3. The van der Waals surface area contributed by atoms with Crippen molar-refractivity contribution in [2.75, 3.05) is 20.3 Å². The van der Waals surface area contributed by atoms with Crippen LogP contribution in [-0.4, -0.2) is 35.7 Å². The van der Waals surface area contributed by atoms with Crippen LogP contribution in [0.3, 0.4) is 0 Å². The molecule has 1 aliphatic rings. The molecule has 1 saturated heterocycles. The monoisotopic (exact) mass is 302 g/mol. The fourth-order valence-corrected chi connectivity index (χ4v) is 2.75. The van der Waals surface area contributed by atoms with E-state index in [0.717, 1.165) is 38.2 Å². The summed E-state index contributed by atoms with van der Waals surface area (Å²) in [5.41, 5.74) is 1.22. The lowest BCUT2D eigenvalue weighted by molar-refractivity contribution is -0.276. The van der Waals surface area contributed by atoms with Crippen LogP contribution < -0.4 is 4.74 Å². The van der Waals surface area contributed by atoms with Crippen LogP contribution in [0.15, 0.2) is 43.0 Å². The minimum absolute atomic E-state index is 0.567. The van der Waals surface area contributed by atoms with Crippen molar-refractivity contribution in [2.24, 2.45) is 0 Å². The maximum absolute atomic E-state index is 6.02. The van der Waals surface area contributed by atoms with E-state index in [-0.39, 0.29) is 0 Å². The molecule has 0 amide bonds. The van der Waals surface area contributed by atoms with Gasteiger partial charge in [0.1, 0.15) is 5.75 Å². The van der Waals surface area contributed by atoms with Gasteiger partial charge in [0.2, 0.25) is 0 Å². The van der Waals surface area contributed by atoms with Crippen molar-refractivity contribution >= 4 is 0 Å². The molecule has 0 saturated carbocycles. The molecule has 1 aromatic heterocycles. The minimum atomic E-state index is -0.567. The molecule has 3 rings (SSSR count). The van der Waals surface area contributed by atoms with Crippen LogP contribution in [-0.2, 0) is 22.4 Å². The van der Waals surface area contributed by atoms with Crippen molar-refractivity contribution in [1.29, 1.82) is 0 Å². The Labute approximate surface area is 130 Å². The van der Waals surface area contributed by atoms with Gasteiger partial charge in [-0.15, -0.1) is 0 Å². The van der Waals surface area contributed by atoms with Crippen molar-refractivity contribution in [1.82, 2.24) is 9.55 Å². The van der Waals surface area contributed by atoms with E-state index >= 15 is 0 Å². The first kappa shape index (κ1) is 15.1. The van der Waals surface area contributed by atoms with E-state index in [2.05, 4.69) is 17.1 Å². The molecular weight excluding hydrogens is 280 g/mol. The van der Waals surface area contributed by atoms with Crippen LogP contribution in [0.1, 0.15) is 18.4 Å². The van der Waals surface area contributed by atoms with Gasteiger partial charge in [-0.25, -0.2) is 4.98 Å². The van der Waals surface area contributed by atoms with Gasteiger partial charge >= 0.3 is 0 Å². The van der Waals surface area contributed by atoms with Gasteiger partial charge in [-0.3, -0.25) is 0 Å². The summed E-state index contributed by atoms with van der Waals surface area (Å²) >= 11 is 0. The molecule has 0 radical (unpaired) electrons. The Kier molecular flexibility index (Phi) is 4.75. The summed E-state index contributed by atoms with van der Waals surface area (Å²) in [6, 6.07) is 8.14. The normalized spacial score (nSPS) is 17.3. The summed E-state index contributed by atoms with van der Waals surface area (Å²) in [5.74, 6) is 0.314. The first-order valence-electron chi connectivity index (χ1n) is 7.66. The van der Waals surface area contributed by atoms with Gasteiger partial charge in [-0.1, -0.05) is 12.1 Å². The van der Waals surface area contributed by atoms with E-state index in [1.54, 1.807) is 19.6 Å². The molecule has 0 aliphatic carbocycles. The fourth-order valence-electron chi connectivity index (χ4n) is 2.75. The Bertz CT molecular complexity index is 577. The van der Waals surface area contributed by atoms with Crippen LogP contribution in [0.4, 0.5) is 0 Å². The third kappa shape index (κ3) is 3.67. The molecule has 118 valence electrons. The van der Waals surface area contributed by atoms with E-state index in [0.29, 0.717) is 6.54 Å². The molecule has 0 unspecified atom stereocenters. The number of hydrogen-bond acceptors (Lipinski definition) is 4. The van der Waals surface area contributed by atoms with Gasteiger partial charge in [-0.05, 0) is 30.5 Å². The average Bonchev–Trinajstić information content (AvgIpc) is 3.07. The van der Waals surface area contributed by atoms with Crippen LogP contribution >= 0.6 is 0 Å². The Balaban J connectivity index is 1.69. The van der Waals surface area contributed by atoms with Gasteiger partial charge < -0.3 is 18.8 Å². The van der Waals surface area contributed by atoms with Crippen LogP contribution in [0, 0.1) is 0 Å². The lowest BCUT2D eigenvalue weighted by Crippen LogP contribution is -2.44. The Hall–Kier alpha value is -1.85. The largest absolute Gasteiger partial charge is 0.497 e. The predicted octanol–water partition coefficient (Wildman–Crippen LogP) is 2.66. The summed E-state index contributed by atoms with van der Waals surface area (Å²) < 4.78 is 19.3. The molecule has 2 heterocycles. The summed E-state index contributed by atoms with van der Waals surface area (Å²) in [4.78, 5) is 4.10. The molecule has 5 nitrogen and oxygen atoms in total. The predicted molar refractivity (Wildman–Crippen MR) is 82.8 cm³/mol. The van der Waals surface area contributed by atoms with E-state index in [1.807, 2.05) is 22.9 Å². The van der Waals surface area contributed by atoms with Crippen molar-refractivity contribution in [2.45, 2.75) is 31.6 Å². The van der Waals surface area contributed by atoms with Gasteiger partial charge in [0.25, 0.3) is 0 Å². The van der Waals surface area contributed by atoms with Crippen LogP contribution in [0.5, 0.6) is 5.75 Å². The van der Waals surface area contributed by atoms with Crippen molar-refractivity contribution in [3.8, 4) is 5.75 Å². The highest BCUT2D eigenvalue weighted by molar-refractivity contribution is 5.28. The number of hydrogen-bond donors (Lipinski definition) is 0. The molecule has 22 heavy (non-hydrogen) atoms. The smallest absolute Gasteiger partial charge is 0.186 e. The summed E-state index contributed by atoms with van der Waals surface area (Å²) in [7, 11) is 1.69. The summed E-state index contributed by atoms with van der Waals surface area (Å²) in [6.45, 7) is 2.15. The SMILES string of the molecule is COc1cccc(CCC2(Cn3ccnc3)OCCCO2)c1. The van der Waals surface area contributed by atoms with E-state index in [9.17, 15) is 0 Å². The molecule has 0 bridgehead atoms. The number of ether oxygens (including phenoxy) is 3. The fraction of sp³-hybridized carbons (Fsp3) is 0.471. The standard InChI is InChI=1S/C17H22N2O3/c1-20-16-5-2-4-15(12-16)6-7-17(21-10-3-11-22-17)13-19-9-8-18-14-19/h2,4-5,8-9,12,14H,3,6-7,10-11,13H2,1H3. The molecule has 0 atom stereocenters. The number of rotatable bonds is 6. The van der Waals surface area contributed by atoms with Crippen molar-refractivity contribution in [3.05, 3.63) is 48.5 Å². The average molecular weight is 302 g/mol. The van der Waals surface area contributed by atoms with E-state index in [1.165, 1.54) is 5.56 Å². The number of imidazole rings is 1. The number of methoxy groups -OCH3 is 1. The first-order valence-corrected chi connectivity index (χ1v) is 7.66. The Morgan fingerprint density at radius 2 is 2.18 bits per heavy atom. The molecule has 1 aromatic carbocycles. The van der Waals surface area contributed by atoms with Crippen molar-refractivity contribution in [3.63, 3.8) is 0 Å². The quantitative estimate of drug-likeness (QED) is 0.823. The summed E-state index contributed by atoms with van der Waals surface area (Å²) in [5, 5.41) is 0. The highest BCUT2D eigenvalue weighted by Crippen LogP contribution is 2.27. The Morgan fingerprint density at radius 1 is 1.32 bits per heavy atom. The lowest BCUT2D eigenvalue weighted by Gasteiger charge is -2.37. The zero-order chi connectivity index (χ0) is 15.3. The van der Waals surface area contributed by atoms with Gasteiger partial charge in [-0.2, -0.15) is 0 Å². The van der Waals surface area contributed by atoms with Crippen LogP contribution in [0.25, 0.3) is 0 Å². The number of benzene rings is 1. The molecule has 2 aromatic rings. The second kappa shape index (κ2) is 6.94. The first-order chi connectivity index (χ1) is 10.8. The zero-order valence-corrected chi connectivity index (χ0v) is 12.9. The third-order valence-electron chi connectivity index (χ3n) is 3.93. The van der Waals surface area contributed by atoms with Gasteiger partial charge in [0.05, 0.1) is 33.2 Å². The molecule has 1 fully saturated rings. The highest BCUT2D eigenvalue weighted by atomic mass is 16.7.